The summed E-state index contributed by atoms with van der Waals surface area (Å²) in [7, 11) is 1.47. The molecule has 1 aromatic carbocycles. The first-order valence-corrected chi connectivity index (χ1v) is 8.21. The predicted octanol–water partition coefficient (Wildman–Crippen LogP) is 3.26. The molecule has 1 aromatic heterocycles. The zero-order valence-electron chi connectivity index (χ0n) is 14.1. The number of methoxy groups -OCH3 is 1. The highest BCUT2D eigenvalue weighted by Gasteiger charge is 2.23. The molecule has 24 heavy (non-hydrogen) atoms. The molecule has 0 radical (unpaired) electrons. The fourth-order valence-electron chi connectivity index (χ4n) is 2.27. The minimum Gasteiger partial charge on any atom is -0.451 e. The lowest BCUT2D eigenvalue weighted by Gasteiger charge is -2.20. The molecule has 0 saturated heterocycles. The number of rotatable bonds is 5. The minimum atomic E-state index is -0.660. The summed E-state index contributed by atoms with van der Waals surface area (Å²) in [4.78, 5) is 24.3. The molecule has 1 heterocycles. The van der Waals surface area contributed by atoms with Crippen molar-refractivity contribution in [2.45, 2.75) is 32.9 Å². The number of nitrogens with one attached hydrogen (secondary N) is 1. The topological polar surface area (TPSA) is 64.6 Å². The number of ether oxygens (including phenoxy) is 2. The second-order valence-electron chi connectivity index (χ2n) is 6.33. The Morgan fingerprint density at radius 2 is 2.00 bits per heavy atom. The Labute approximate surface area is 143 Å². The van der Waals surface area contributed by atoms with Crippen molar-refractivity contribution in [1.82, 2.24) is 5.32 Å². The van der Waals surface area contributed by atoms with Crippen LogP contribution in [0.25, 0.3) is 10.1 Å². The van der Waals surface area contributed by atoms with Gasteiger partial charge in [-0.25, -0.2) is 9.18 Å². The van der Waals surface area contributed by atoms with Crippen molar-refractivity contribution in [2.75, 3.05) is 13.7 Å². The van der Waals surface area contributed by atoms with Gasteiger partial charge in [0.15, 0.2) is 6.61 Å². The highest BCUT2D eigenvalue weighted by atomic mass is 32.1. The molecule has 5 nitrogen and oxygen atoms in total. The zero-order chi connectivity index (χ0) is 17.9. The van der Waals surface area contributed by atoms with Gasteiger partial charge in [0.1, 0.15) is 10.7 Å². The van der Waals surface area contributed by atoms with Gasteiger partial charge < -0.3 is 14.8 Å². The van der Waals surface area contributed by atoms with Gasteiger partial charge in [-0.15, -0.1) is 11.3 Å². The predicted molar refractivity (Wildman–Crippen MR) is 90.7 cm³/mol. The highest BCUT2D eigenvalue weighted by molar-refractivity contribution is 7.21. The maximum Gasteiger partial charge on any atom is 0.349 e. The van der Waals surface area contributed by atoms with E-state index in [4.69, 9.17) is 9.47 Å². The first-order valence-electron chi connectivity index (χ1n) is 7.40. The molecule has 0 fully saturated rings. The number of hydrogen-bond donors (Lipinski definition) is 1. The second-order valence-corrected chi connectivity index (χ2v) is 7.38. The van der Waals surface area contributed by atoms with Crippen molar-refractivity contribution in [2.24, 2.45) is 0 Å². The van der Waals surface area contributed by atoms with Crippen LogP contribution in [0.2, 0.25) is 0 Å². The smallest absolute Gasteiger partial charge is 0.349 e. The maximum absolute atomic E-state index is 14.1. The van der Waals surface area contributed by atoms with Gasteiger partial charge in [-0.1, -0.05) is 6.07 Å². The van der Waals surface area contributed by atoms with Crippen molar-refractivity contribution < 1.29 is 23.5 Å². The number of amides is 1. The molecule has 0 aliphatic rings. The molecule has 0 bridgehead atoms. The Balaban J connectivity index is 2.22. The third-order valence-electron chi connectivity index (χ3n) is 3.09. The number of thiophene rings is 1. The molecule has 1 amide bonds. The van der Waals surface area contributed by atoms with Crippen LogP contribution in [0.5, 0.6) is 0 Å². The van der Waals surface area contributed by atoms with Crippen LogP contribution >= 0.6 is 11.3 Å². The third-order valence-corrected chi connectivity index (χ3v) is 4.26. The van der Waals surface area contributed by atoms with Crippen molar-refractivity contribution >= 4 is 33.3 Å². The third kappa shape index (κ3) is 4.30. The standard InChI is InChI=1S/C17H20FNO4S/c1-17(2,3)19-13(20)9-23-16(21)15-10(8-22-4)14-11(18)6-5-7-12(14)24-15/h5-7H,8-9H2,1-4H3,(H,19,20). The minimum absolute atomic E-state index is 0.0829. The Morgan fingerprint density at radius 3 is 2.62 bits per heavy atom. The average Bonchev–Trinajstić information content (AvgIpc) is 2.84. The largest absolute Gasteiger partial charge is 0.451 e. The van der Waals surface area contributed by atoms with E-state index in [9.17, 15) is 14.0 Å². The van der Waals surface area contributed by atoms with E-state index in [0.717, 1.165) is 11.3 Å². The molecule has 0 spiro atoms. The van der Waals surface area contributed by atoms with Crippen LogP contribution in [0.1, 0.15) is 36.0 Å². The number of hydrogen-bond acceptors (Lipinski definition) is 5. The Morgan fingerprint density at radius 1 is 1.29 bits per heavy atom. The quantitative estimate of drug-likeness (QED) is 0.838. The molecule has 130 valence electrons. The second kappa shape index (κ2) is 7.27. The van der Waals surface area contributed by atoms with Gasteiger partial charge >= 0.3 is 5.97 Å². The first-order chi connectivity index (χ1) is 11.2. The molecule has 2 aromatic rings. The van der Waals surface area contributed by atoms with Crippen molar-refractivity contribution in [3.8, 4) is 0 Å². The first kappa shape index (κ1) is 18.4. The summed E-state index contributed by atoms with van der Waals surface area (Å²) in [5.41, 5.74) is 0.0302. The summed E-state index contributed by atoms with van der Waals surface area (Å²) in [6, 6.07) is 4.64. The van der Waals surface area contributed by atoms with Gasteiger partial charge in [0, 0.05) is 28.3 Å². The van der Waals surface area contributed by atoms with E-state index in [0.29, 0.717) is 15.6 Å². The van der Waals surface area contributed by atoms with Crippen LogP contribution in [-0.2, 0) is 20.9 Å². The lowest BCUT2D eigenvalue weighted by atomic mass is 10.1. The van der Waals surface area contributed by atoms with Crippen LogP contribution in [0.3, 0.4) is 0 Å². The molecule has 0 atom stereocenters. The van der Waals surface area contributed by atoms with Crippen molar-refractivity contribution in [3.05, 3.63) is 34.5 Å². The lowest BCUT2D eigenvalue weighted by Crippen LogP contribution is -2.42. The fourth-order valence-corrected chi connectivity index (χ4v) is 3.38. The Kier molecular flexibility index (Phi) is 5.56. The molecule has 0 aliphatic carbocycles. The molecule has 2 rings (SSSR count). The van der Waals surface area contributed by atoms with Crippen LogP contribution in [0.15, 0.2) is 18.2 Å². The van der Waals surface area contributed by atoms with Gasteiger partial charge in [0.05, 0.1) is 6.61 Å². The van der Waals surface area contributed by atoms with Gasteiger partial charge in [-0.3, -0.25) is 4.79 Å². The number of esters is 1. The molecule has 7 heteroatoms. The van der Waals surface area contributed by atoms with E-state index in [1.165, 1.54) is 13.2 Å². The summed E-state index contributed by atoms with van der Waals surface area (Å²) < 4.78 is 24.9. The van der Waals surface area contributed by atoms with E-state index >= 15 is 0 Å². The van der Waals surface area contributed by atoms with E-state index in [1.54, 1.807) is 12.1 Å². The number of carbonyl (C=O) groups is 2. The van der Waals surface area contributed by atoms with Crippen molar-refractivity contribution in [1.29, 1.82) is 0 Å². The maximum atomic E-state index is 14.1. The highest BCUT2D eigenvalue weighted by Crippen LogP contribution is 2.34. The summed E-state index contributed by atoms with van der Waals surface area (Å²) in [6.07, 6.45) is 0. The summed E-state index contributed by atoms with van der Waals surface area (Å²) in [5.74, 6) is -1.47. The van der Waals surface area contributed by atoms with Gasteiger partial charge in [-0.05, 0) is 32.9 Å². The number of benzene rings is 1. The normalized spacial score (nSPS) is 11.5. The van der Waals surface area contributed by atoms with Crippen LogP contribution in [-0.4, -0.2) is 31.1 Å². The Hall–Kier alpha value is -1.99. The lowest BCUT2D eigenvalue weighted by molar-refractivity contribution is -0.125. The molecule has 0 aliphatic heterocycles. The van der Waals surface area contributed by atoms with Crippen molar-refractivity contribution in [3.63, 3.8) is 0 Å². The van der Waals surface area contributed by atoms with E-state index in [1.807, 2.05) is 20.8 Å². The number of halogens is 1. The SMILES string of the molecule is COCc1c(C(=O)OCC(=O)NC(C)(C)C)sc2cccc(F)c12. The fraction of sp³-hybridized carbons (Fsp3) is 0.412. The van der Waals surface area contributed by atoms with Gasteiger partial charge in [0.2, 0.25) is 0 Å². The monoisotopic (exact) mass is 353 g/mol. The van der Waals surface area contributed by atoms with Crippen LogP contribution in [0, 0.1) is 5.82 Å². The molecule has 0 saturated carbocycles. The van der Waals surface area contributed by atoms with E-state index < -0.39 is 23.2 Å². The van der Waals surface area contributed by atoms with Gasteiger partial charge in [-0.2, -0.15) is 0 Å². The van der Waals surface area contributed by atoms with Gasteiger partial charge in [0.25, 0.3) is 5.91 Å². The summed E-state index contributed by atoms with van der Waals surface area (Å²) >= 11 is 1.12. The zero-order valence-corrected chi connectivity index (χ0v) is 14.9. The average molecular weight is 353 g/mol. The van der Waals surface area contributed by atoms with Crippen LogP contribution < -0.4 is 5.32 Å². The van der Waals surface area contributed by atoms with E-state index in [2.05, 4.69) is 5.32 Å². The summed E-state index contributed by atoms with van der Waals surface area (Å²) in [6.45, 7) is 5.19. The van der Waals surface area contributed by atoms with Crippen LogP contribution in [0.4, 0.5) is 4.39 Å². The Bertz CT molecular complexity index is 764. The molecule has 0 unspecified atom stereocenters. The van der Waals surface area contributed by atoms with E-state index in [-0.39, 0.29) is 18.1 Å². The number of fused-ring (bicyclic) bond motifs is 1. The molecular weight excluding hydrogens is 333 g/mol. The summed E-state index contributed by atoms with van der Waals surface area (Å²) in [5, 5.41) is 3.06. The number of carbonyl (C=O) groups excluding carboxylic acids is 2. The molecule has 1 N–H and O–H groups in total. The molecular formula is C17H20FNO4S.